The van der Waals surface area contributed by atoms with Gasteiger partial charge in [0.2, 0.25) is 0 Å². The van der Waals surface area contributed by atoms with Gasteiger partial charge in [0.1, 0.15) is 5.75 Å². The number of nitrogens with two attached hydrogens (primary N) is 1. The first-order chi connectivity index (χ1) is 8.33. The maximum absolute atomic E-state index is 5.62. The van der Waals surface area contributed by atoms with E-state index in [0.29, 0.717) is 0 Å². The highest BCUT2D eigenvalue weighted by Gasteiger charge is 2.13. The molecule has 1 rings (SSSR count). The van der Waals surface area contributed by atoms with Crippen molar-refractivity contribution in [1.82, 2.24) is 10.4 Å². The van der Waals surface area contributed by atoms with Gasteiger partial charge in [-0.1, -0.05) is 32.6 Å². The first kappa shape index (κ1) is 13.9. The molecule has 1 unspecified atom stereocenters. The molecule has 0 aliphatic heterocycles. The molecule has 17 heavy (non-hydrogen) atoms. The number of rotatable bonds is 8. The minimum absolute atomic E-state index is 0.143. The fraction of sp³-hybridized carbons (Fsp3) is 0.615. The molecule has 0 bridgehead atoms. The van der Waals surface area contributed by atoms with Gasteiger partial charge in [0.05, 0.1) is 13.3 Å². The Bertz CT molecular complexity index is 317. The molecule has 0 spiro atoms. The smallest absolute Gasteiger partial charge is 0.141 e. The summed E-state index contributed by atoms with van der Waals surface area (Å²) in [5, 5.41) is 0. The van der Waals surface area contributed by atoms with Crippen LogP contribution >= 0.6 is 0 Å². The molecule has 4 heteroatoms. The van der Waals surface area contributed by atoms with E-state index >= 15 is 0 Å². The van der Waals surface area contributed by atoms with E-state index in [-0.39, 0.29) is 6.04 Å². The molecule has 0 saturated heterocycles. The lowest BCUT2D eigenvalue weighted by Crippen LogP contribution is -2.28. The van der Waals surface area contributed by atoms with Gasteiger partial charge in [-0.05, 0) is 12.5 Å². The normalized spacial score (nSPS) is 12.4. The lowest BCUT2D eigenvalue weighted by Gasteiger charge is -2.18. The summed E-state index contributed by atoms with van der Waals surface area (Å²) in [5.74, 6) is 6.41. The van der Waals surface area contributed by atoms with E-state index in [4.69, 9.17) is 10.6 Å². The van der Waals surface area contributed by atoms with Gasteiger partial charge in [-0.3, -0.25) is 16.3 Å². The zero-order chi connectivity index (χ0) is 12.5. The fourth-order valence-corrected chi connectivity index (χ4v) is 1.95. The molecule has 0 aliphatic carbocycles. The van der Waals surface area contributed by atoms with E-state index in [1.807, 2.05) is 6.07 Å². The molecule has 0 fully saturated rings. The number of methoxy groups -OCH3 is 1. The molecule has 0 aliphatic rings. The summed E-state index contributed by atoms with van der Waals surface area (Å²) in [7, 11) is 1.66. The zero-order valence-electron chi connectivity index (χ0n) is 10.8. The quantitative estimate of drug-likeness (QED) is 0.414. The number of ether oxygens (including phenoxy) is 1. The van der Waals surface area contributed by atoms with Crippen LogP contribution in [0.4, 0.5) is 0 Å². The van der Waals surface area contributed by atoms with Crippen LogP contribution in [0.1, 0.15) is 50.6 Å². The molecular weight excluding hydrogens is 214 g/mol. The second kappa shape index (κ2) is 8.03. The van der Waals surface area contributed by atoms with E-state index < -0.39 is 0 Å². The average Bonchev–Trinajstić information content (AvgIpc) is 2.39. The lowest BCUT2D eigenvalue weighted by atomic mass is 10.0. The summed E-state index contributed by atoms with van der Waals surface area (Å²) >= 11 is 0. The van der Waals surface area contributed by atoms with Crippen molar-refractivity contribution in [2.75, 3.05) is 7.11 Å². The van der Waals surface area contributed by atoms with E-state index in [2.05, 4.69) is 17.3 Å². The molecule has 0 aromatic carbocycles. The second-order valence-electron chi connectivity index (χ2n) is 4.19. The standard InChI is InChI=1S/C13H23N3O/c1-3-4-5-6-7-12(16-14)11-8-9-15-10-13(11)17-2/h8-10,12,16H,3-7,14H2,1-2H3. The third-order valence-electron chi connectivity index (χ3n) is 2.96. The van der Waals surface area contributed by atoms with Gasteiger partial charge in [0.15, 0.2) is 0 Å². The summed E-state index contributed by atoms with van der Waals surface area (Å²) in [4.78, 5) is 4.05. The zero-order valence-corrected chi connectivity index (χ0v) is 10.8. The molecule has 0 amide bonds. The number of hydrogen-bond donors (Lipinski definition) is 2. The fourth-order valence-electron chi connectivity index (χ4n) is 1.95. The third kappa shape index (κ3) is 4.32. The van der Waals surface area contributed by atoms with Crippen LogP contribution < -0.4 is 16.0 Å². The van der Waals surface area contributed by atoms with Gasteiger partial charge in [-0.2, -0.15) is 0 Å². The molecule has 3 N–H and O–H groups in total. The lowest BCUT2D eigenvalue weighted by molar-refractivity contribution is 0.391. The Kier molecular flexibility index (Phi) is 6.58. The van der Waals surface area contributed by atoms with Gasteiger partial charge in [0, 0.05) is 17.8 Å². The maximum atomic E-state index is 5.62. The SMILES string of the molecule is CCCCCCC(NN)c1ccncc1OC. The van der Waals surface area contributed by atoms with E-state index in [1.165, 1.54) is 25.7 Å². The van der Waals surface area contributed by atoms with E-state index in [0.717, 1.165) is 17.7 Å². The number of hydrogen-bond acceptors (Lipinski definition) is 4. The molecule has 4 nitrogen and oxygen atoms in total. The highest BCUT2D eigenvalue weighted by molar-refractivity contribution is 5.32. The first-order valence-corrected chi connectivity index (χ1v) is 6.27. The van der Waals surface area contributed by atoms with E-state index in [1.54, 1.807) is 19.5 Å². The van der Waals surface area contributed by atoms with Crippen molar-refractivity contribution >= 4 is 0 Å². The van der Waals surface area contributed by atoms with Crippen molar-refractivity contribution in [3.05, 3.63) is 24.0 Å². The van der Waals surface area contributed by atoms with Crippen LogP contribution in [0, 0.1) is 0 Å². The second-order valence-corrected chi connectivity index (χ2v) is 4.19. The monoisotopic (exact) mass is 237 g/mol. The number of pyridine rings is 1. The highest BCUT2D eigenvalue weighted by atomic mass is 16.5. The Balaban J connectivity index is 2.59. The maximum Gasteiger partial charge on any atom is 0.141 e. The molecule has 1 aromatic heterocycles. The van der Waals surface area contributed by atoms with Crippen molar-refractivity contribution in [3.63, 3.8) is 0 Å². The largest absolute Gasteiger partial charge is 0.495 e. The summed E-state index contributed by atoms with van der Waals surface area (Å²) in [6.45, 7) is 2.21. The van der Waals surface area contributed by atoms with Crippen molar-refractivity contribution in [1.29, 1.82) is 0 Å². The van der Waals surface area contributed by atoms with Crippen molar-refractivity contribution in [2.45, 2.75) is 45.1 Å². The Hall–Kier alpha value is -1.13. The minimum atomic E-state index is 0.143. The predicted molar refractivity (Wildman–Crippen MR) is 69.6 cm³/mol. The summed E-state index contributed by atoms with van der Waals surface area (Å²) in [6, 6.07) is 2.10. The van der Waals surface area contributed by atoms with Crippen LogP contribution in [0.2, 0.25) is 0 Å². The first-order valence-electron chi connectivity index (χ1n) is 6.27. The van der Waals surface area contributed by atoms with Crippen LogP contribution in [-0.4, -0.2) is 12.1 Å². The predicted octanol–water partition coefficient (Wildman–Crippen LogP) is 2.57. The third-order valence-corrected chi connectivity index (χ3v) is 2.96. The van der Waals surface area contributed by atoms with Crippen molar-refractivity contribution in [3.8, 4) is 5.75 Å². The van der Waals surface area contributed by atoms with Gasteiger partial charge >= 0.3 is 0 Å². The number of hydrazine groups is 1. The molecule has 0 radical (unpaired) electrons. The van der Waals surface area contributed by atoms with Gasteiger partial charge in [-0.15, -0.1) is 0 Å². The van der Waals surface area contributed by atoms with Gasteiger partial charge < -0.3 is 4.74 Å². The van der Waals surface area contributed by atoms with Gasteiger partial charge in [-0.25, -0.2) is 0 Å². The van der Waals surface area contributed by atoms with Crippen molar-refractivity contribution < 1.29 is 4.74 Å². The summed E-state index contributed by atoms with van der Waals surface area (Å²) in [6.07, 6.45) is 9.48. The van der Waals surface area contributed by atoms with Crippen LogP contribution in [0.3, 0.4) is 0 Å². The Morgan fingerprint density at radius 1 is 1.41 bits per heavy atom. The molecule has 1 atom stereocenters. The number of nitrogens with zero attached hydrogens (tertiary/aromatic N) is 1. The topological polar surface area (TPSA) is 60.2 Å². The van der Waals surface area contributed by atoms with Crippen LogP contribution in [0.15, 0.2) is 18.5 Å². The Morgan fingerprint density at radius 3 is 2.88 bits per heavy atom. The Morgan fingerprint density at radius 2 is 2.24 bits per heavy atom. The van der Waals surface area contributed by atoms with Crippen LogP contribution in [0.25, 0.3) is 0 Å². The number of aromatic nitrogens is 1. The molecular formula is C13H23N3O. The van der Waals surface area contributed by atoms with E-state index in [9.17, 15) is 0 Å². The highest BCUT2D eigenvalue weighted by Crippen LogP contribution is 2.27. The average molecular weight is 237 g/mol. The van der Waals surface area contributed by atoms with Crippen LogP contribution in [0.5, 0.6) is 5.75 Å². The number of nitrogens with one attached hydrogen (secondary N) is 1. The van der Waals surface area contributed by atoms with Crippen molar-refractivity contribution in [2.24, 2.45) is 5.84 Å². The Labute approximate surface area is 104 Å². The summed E-state index contributed by atoms with van der Waals surface area (Å²) < 4.78 is 5.30. The molecule has 1 aromatic rings. The summed E-state index contributed by atoms with van der Waals surface area (Å²) in [5.41, 5.74) is 3.95. The molecule has 1 heterocycles. The van der Waals surface area contributed by atoms with Crippen LogP contribution in [-0.2, 0) is 0 Å². The molecule has 96 valence electrons. The molecule has 0 saturated carbocycles. The minimum Gasteiger partial charge on any atom is -0.495 e. The number of unbranched alkanes of at least 4 members (excludes halogenated alkanes) is 3. The van der Waals surface area contributed by atoms with Gasteiger partial charge in [0.25, 0.3) is 0 Å².